The lowest BCUT2D eigenvalue weighted by atomic mass is 9.73. The Balaban J connectivity index is 1.42. The fraction of sp³-hybridized carbons (Fsp3) is 0.727. The molecule has 0 saturated carbocycles. The Bertz CT molecular complexity index is 772. The fourth-order valence-corrected chi connectivity index (χ4v) is 5.38. The summed E-state index contributed by atoms with van der Waals surface area (Å²) >= 11 is 0. The second-order valence-electron chi connectivity index (χ2n) is 9.15. The third-order valence-electron chi connectivity index (χ3n) is 6.84. The molecule has 4 rings (SSSR count). The Morgan fingerprint density at radius 1 is 0.966 bits per heavy atom. The molecule has 158 valence electrons. The van der Waals surface area contributed by atoms with Crippen molar-refractivity contribution in [1.82, 2.24) is 24.7 Å². The highest BCUT2D eigenvalue weighted by Gasteiger charge is 2.41. The van der Waals surface area contributed by atoms with E-state index in [1.807, 2.05) is 23.6 Å². The van der Waals surface area contributed by atoms with Gasteiger partial charge in [-0.3, -0.25) is 14.5 Å². The van der Waals surface area contributed by atoms with Crippen molar-refractivity contribution in [3.05, 3.63) is 23.3 Å². The largest absolute Gasteiger partial charge is 0.342 e. The summed E-state index contributed by atoms with van der Waals surface area (Å²) in [6.07, 6.45) is 8.32. The van der Waals surface area contributed by atoms with Gasteiger partial charge in [0.25, 0.3) is 5.91 Å². The zero-order valence-electron chi connectivity index (χ0n) is 17.8. The number of carbonyl (C=O) groups excluding carboxylic acids is 2. The van der Waals surface area contributed by atoms with E-state index in [4.69, 9.17) is 0 Å². The van der Waals surface area contributed by atoms with Crippen LogP contribution in [-0.4, -0.2) is 82.3 Å². The number of carbonyl (C=O) groups is 2. The molecule has 3 aliphatic heterocycles. The van der Waals surface area contributed by atoms with E-state index in [-0.39, 0.29) is 17.2 Å². The summed E-state index contributed by atoms with van der Waals surface area (Å²) in [4.78, 5) is 40.7. The van der Waals surface area contributed by atoms with Gasteiger partial charge in [-0.1, -0.05) is 0 Å². The minimum Gasteiger partial charge on any atom is -0.342 e. The molecule has 0 aliphatic carbocycles. The zero-order valence-corrected chi connectivity index (χ0v) is 17.8. The second kappa shape index (κ2) is 8.38. The third kappa shape index (κ3) is 4.44. The number of hydrogen-bond acceptors (Lipinski definition) is 5. The molecule has 1 spiro atoms. The third-order valence-corrected chi connectivity index (χ3v) is 6.84. The quantitative estimate of drug-likeness (QED) is 0.778. The van der Waals surface area contributed by atoms with E-state index in [0.29, 0.717) is 17.9 Å². The maximum atomic E-state index is 13.2. The molecule has 1 unspecified atom stereocenters. The van der Waals surface area contributed by atoms with Crippen LogP contribution in [0.4, 0.5) is 0 Å². The van der Waals surface area contributed by atoms with Crippen molar-refractivity contribution in [1.29, 1.82) is 0 Å². The lowest BCUT2D eigenvalue weighted by Crippen LogP contribution is -2.55. The van der Waals surface area contributed by atoms with Crippen molar-refractivity contribution in [3.8, 4) is 0 Å². The van der Waals surface area contributed by atoms with E-state index in [1.165, 1.54) is 0 Å². The maximum Gasteiger partial charge on any atom is 0.257 e. The molecule has 0 aromatic carbocycles. The predicted molar refractivity (Wildman–Crippen MR) is 111 cm³/mol. The topological polar surface area (TPSA) is 69.6 Å². The normalized spacial score (nSPS) is 25.6. The second-order valence-corrected chi connectivity index (χ2v) is 9.15. The van der Waals surface area contributed by atoms with Gasteiger partial charge in [0.1, 0.15) is 5.82 Å². The monoisotopic (exact) mass is 399 g/mol. The van der Waals surface area contributed by atoms with Crippen LogP contribution in [0.15, 0.2) is 6.20 Å². The van der Waals surface area contributed by atoms with Crippen LogP contribution in [0, 0.1) is 19.3 Å². The van der Waals surface area contributed by atoms with Gasteiger partial charge in [-0.25, -0.2) is 9.97 Å². The van der Waals surface area contributed by atoms with Crippen molar-refractivity contribution < 1.29 is 9.59 Å². The first-order valence-corrected chi connectivity index (χ1v) is 11.1. The van der Waals surface area contributed by atoms with Crippen LogP contribution in [0.25, 0.3) is 0 Å². The number of likely N-dealkylation sites (tertiary alicyclic amines) is 3. The number of piperidine rings is 2. The van der Waals surface area contributed by atoms with Crippen LogP contribution in [-0.2, 0) is 4.79 Å². The Labute approximate surface area is 173 Å². The van der Waals surface area contributed by atoms with Crippen molar-refractivity contribution in [3.63, 3.8) is 0 Å². The molecule has 0 N–H and O–H groups in total. The molecule has 1 aromatic heterocycles. The van der Waals surface area contributed by atoms with Crippen molar-refractivity contribution >= 4 is 11.8 Å². The van der Waals surface area contributed by atoms with Crippen molar-refractivity contribution in [2.75, 3.05) is 45.8 Å². The Morgan fingerprint density at radius 3 is 2.38 bits per heavy atom. The molecule has 3 fully saturated rings. The molecule has 4 heterocycles. The SMILES string of the molecule is Cc1ncc(C(=O)N2CCCC3(CCCN(CC(=O)N4CCCC4)C3)C2)c(C)n1. The summed E-state index contributed by atoms with van der Waals surface area (Å²) < 4.78 is 0. The van der Waals surface area contributed by atoms with Gasteiger partial charge in [-0.15, -0.1) is 0 Å². The van der Waals surface area contributed by atoms with Crippen LogP contribution < -0.4 is 0 Å². The molecule has 7 heteroatoms. The predicted octanol–water partition coefficient (Wildman–Crippen LogP) is 2.03. The van der Waals surface area contributed by atoms with Gasteiger partial charge in [0.15, 0.2) is 0 Å². The molecule has 7 nitrogen and oxygen atoms in total. The average Bonchev–Trinajstić information content (AvgIpc) is 3.23. The van der Waals surface area contributed by atoms with Crippen molar-refractivity contribution in [2.45, 2.75) is 52.4 Å². The number of hydrogen-bond donors (Lipinski definition) is 0. The first-order valence-electron chi connectivity index (χ1n) is 11.1. The van der Waals surface area contributed by atoms with Crippen LogP contribution in [0.2, 0.25) is 0 Å². The minimum atomic E-state index is 0.0480. The van der Waals surface area contributed by atoms with E-state index in [1.54, 1.807) is 6.20 Å². The highest BCUT2D eigenvalue weighted by Crippen LogP contribution is 2.39. The molecular weight excluding hydrogens is 366 g/mol. The Morgan fingerprint density at radius 2 is 1.66 bits per heavy atom. The minimum absolute atomic E-state index is 0.0480. The van der Waals surface area contributed by atoms with Gasteiger partial charge in [0, 0.05) is 44.3 Å². The molecule has 1 aromatic rings. The molecule has 3 saturated heterocycles. The summed E-state index contributed by atoms with van der Waals surface area (Å²) in [6, 6.07) is 0. The molecule has 2 amide bonds. The first kappa shape index (κ1) is 20.3. The van der Waals surface area contributed by atoms with Gasteiger partial charge in [0.05, 0.1) is 17.8 Å². The van der Waals surface area contributed by atoms with Gasteiger partial charge in [0.2, 0.25) is 5.91 Å². The summed E-state index contributed by atoms with van der Waals surface area (Å²) in [5, 5.41) is 0. The van der Waals surface area contributed by atoms with Crippen LogP contribution >= 0.6 is 0 Å². The highest BCUT2D eigenvalue weighted by molar-refractivity contribution is 5.95. The van der Waals surface area contributed by atoms with Crippen molar-refractivity contribution in [2.24, 2.45) is 5.41 Å². The molecule has 3 aliphatic rings. The van der Waals surface area contributed by atoms with Gasteiger partial charge in [-0.05, 0) is 58.9 Å². The van der Waals surface area contributed by atoms with E-state index < -0.39 is 0 Å². The smallest absolute Gasteiger partial charge is 0.257 e. The number of amides is 2. The Hall–Kier alpha value is -2.02. The zero-order chi connectivity index (χ0) is 20.4. The molecule has 0 radical (unpaired) electrons. The summed E-state index contributed by atoms with van der Waals surface area (Å²) in [5.74, 6) is 1.02. The van der Waals surface area contributed by atoms with E-state index in [9.17, 15) is 9.59 Å². The maximum absolute atomic E-state index is 13.2. The van der Waals surface area contributed by atoms with Gasteiger partial charge < -0.3 is 9.80 Å². The summed E-state index contributed by atoms with van der Waals surface area (Å²) in [7, 11) is 0. The van der Waals surface area contributed by atoms with Crippen LogP contribution in [0.3, 0.4) is 0 Å². The number of nitrogens with zero attached hydrogens (tertiary/aromatic N) is 5. The molecule has 1 atom stereocenters. The lowest BCUT2D eigenvalue weighted by Gasteiger charge is -2.48. The summed E-state index contributed by atoms with van der Waals surface area (Å²) in [5.41, 5.74) is 1.48. The highest BCUT2D eigenvalue weighted by atomic mass is 16.2. The summed E-state index contributed by atoms with van der Waals surface area (Å²) in [6.45, 7) is 9.55. The molecule has 0 bridgehead atoms. The number of aromatic nitrogens is 2. The number of aryl methyl sites for hydroxylation is 2. The number of rotatable bonds is 3. The van der Waals surface area contributed by atoms with Crippen LogP contribution in [0.5, 0.6) is 0 Å². The molecular formula is C22H33N5O2. The van der Waals surface area contributed by atoms with E-state index in [2.05, 4.69) is 14.9 Å². The Kier molecular flexibility index (Phi) is 5.86. The van der Waals surface area contributed by atoms with Crippen LogP contribution in [0.1, 0.15) is 60.4 Å². The average molecular weight is 400 g/mol. The van der Waals surface area contributed by atoms with E-state index in [0.717, 1.165) is 83.5 Å². The van der Waals surface area contributed by atoms with E-state index >= 15 is 0 Å². The first-order chi connectivity index (χ1) is 14.0. The fourth-order valence-electron chi connectivity index (χ4n) is 5.38. The lowest BCUT2D eigenvalue weighted by molar-refractivity contribution is -0.132. The standard InChI is InChI=1S/C22H33N5O2/c1-17-19(13-23-18(2)24-17)21(29)27-12-6-8-22(16-27)7-5-9-25(15-22)14-20(28)26-10-3-4-11-26/h13H,3-12,14-16H2,1-2H3. The van der Waals surface area contributed by atoms with Gasteiger partial charge in [-0.2, -0.15) is 0 Å². The molecule has 29 heavy (non-hydrogen) atoms. The van der Waals surface area contributed by atoms with Gasteiger partial charge >= 0.3 is 0 Å².